The second-order valence-electron chi connectivity index (χ2n) is 4.77. The van der Waals surface area contributed by atoms with E-state index in [4.69, 9.17) is 25.8 Å². The van der Waals surface area contributed by atoms with Crippen molar-refractivity contribution in [2.75, 3.05) is 20.8 Å². The fraction of sp³-hybridized carbons (Fsp3) is 0.176. The lowest BCUT2D eigenvalue weighted by Gasteiger charge is -2.10. The first-order chi connectivity index (χ1) is 12.0. The zero-order valence-corrected chi connectivity index (χ0v) is 14.3. The first-order valence-electron chi connectivity index (χ1n) is 7.15. The Morgan fingerprint density at radius 3 is 2.60 bits per heavy atom. The van der Waals surface area contributed by atoms with Crippen LogP contribution in [0.3, 0.4) is 0 Å². The van der Waals surface area contributed by atoms with Gasteiger partial charge in [0.1, 0.15) is 11.6 Å². The van der Waals surface area contributed by atoms with Gasteiger partial charge in [-0.15, -0.1) is 0 Å². The van der Waals surface area contributed by atoms with Gasteiger partial charge in [0.25, 0.3) is 5.91 Å². The minimum absolute atomic E-state index is 0.254. The van der Waals surface area contributed by atoms with Crippen molar-refractivity contribution in [3.05, 3.63) is 52.8 Å². The van der Waals surface area contributed by atoms with Gasteiger partial charge in [-0.25, -0.2) is 9.82 Å². The first kappa shape index (κ1) is 18.5. The van der Waals surface area contributed by atoms with Crippen LogP contribution in [0.2, 0.25) is 5.02 Å². The summed E-state index contributed by atoms with van der Waals surface area (Å²) in [6.07, 6.45) is 1.41. The topological polar surface area (TPSA) is 69.2 Å². The van der Waals surface area contributed by atoms with Crippen LogP contribution >= 0.6 is 11.6 Å². The molecular formula is C17H16ClFN2O4. The molecule has 0 bridgehead atoms. The number of hydrazone groups is 1. The highest BCUT2D eigenvalue weighted by Crippen LogP contribution is 2.35. The predicted molar refractivity (Wildman–Crippen MR) is 92.2 cm³/mol. The highest BCUT2D eigenvalue weighted by molar-refractivity contribution is 6.32. The minimum atomic E-state index is -0.466. The highest BCUT2D eigenvalue weighted by atomic mass is 35.5. The van der Waals surface area contributed by atoms with E-state index in [0.717, 1.165) is 0 Å². The molecular weight excluding hydrogens is 351 g/mol. The summed E-state index contributed by atoms with van der Waals surface area (Å²) in [6.45, 7) is -0.254. The number of nitrogens with one attached hydrogen (secondary N) is 1. The zero-order valence-electron chi connectivity index (χ0n) is 13.6. The summed E-state index contributed by atoms with van der Waals surface area (Å²) in [7, 11) is 2.97. The van der Waals surface area contributed by atoms with E-state index < -0.39 is 5.91 Å². The lowest BCUT2D eigenvalue weighted by molar-refractivity contribution is -0.123. The van der Waals surface area contributed by atoms with E-state index in [2.05, 4.69) is 10.5 Å². The number of nitrogens with zero attached hydrogens (tertiary/aromatic N) is 1. The second kappa shape index (κ2) is 8.89. The van der Waals surface area contributed by atoms with Gasteiger partial charge in [0, 0.05) is 0 Å². The van der Waals surface area contributed by atoms with Crippen molar-refractivity contribution in [3.63, 3.8) is 0 Å². The molecule has 0 heterocycles. The Morgan fingerprint density at radius 1 is 1.24 bits per heavy atom. The van der Waals surface area contributed by atoms with Gasteiger partial charge in [0.2, 0.25) is 0 Å². The van der Waals surface area contributed by atoms with Crippen molar-refractivity contribution in [2.24, 2.45) is 5.10 Å². The summed E-state index contributed by atoms with van der Waals surface area (Å²) >= 11 is 6.08. The maximum atomic E-state index is 12.8. The molecule has 0 aliphatic heterocycles. The quantitative estimate of drug-likeness (QED) is 0.604. The maximum absolute atomic E-state index is 12.8. The number of rotatable bonds is 7. The van der Waals surface area contributed by atoms with E-state index in [9.17, 15) is 9.18 Å². The first-order valence-corrected chi connectivity index (χ1v) is 7.53. The van der Waals surface area contributed by atoms with Gasteiger partial charge in [0.15, 0.2) is 18.1 Å². The van der Waals surface area contributed by atoms with Crippen LogP contribution in [0.4, 0.5) is 4.39 Å². The molecule has 25 heavy (non-hydrogen) atoms. The molecule has 0 saturated carbocycles. The average Bonchev–Trinajstić information content (AvgIpc) is 2.60. The van der Waals surface area contributed by atoms with E-state index in [1.165, 1.54) is 44.7 Å². The number of carbonyl (C=O) groups is 1. The van der Waals surface area contributed by atoms with E-state index in [1.54, 1.807) is 12.1 Å². The standard InChI is InChI=1S/C17H16ClFN2O4/c1-23-15-8-11(7-14(18)17(15)24-2)9-20-21-16(22)10-25-13-5-3-12(19)4-6-13/h3-9H,10H2,1-2H3,(H,21,22)/b20-9+. The molecule has 0 aromatic heterocycles. The monoisotopic (exact) mass is 366 g/mol. The number of ether oxygens (including phenoxy) is 3. The smallest absolute Gasteiger partial charge is 0.277 e. The van der Waals surface area contributed by atoms with Crippen LogP contribution in [0.1, 0.15) is 5.56 Å². The number of hydrogen-bond donors (Lipinski definition) is 1. The van der Waals surface area contributed by atoms with Gasteiger partial charge < -0.3 is 14.2 Å². The molecule has 8 heteroatoms. The van der Waals surface area contributed by atoms with Crippen molar-refractivity contribution >= 4 is 23.7 Å². The average molecular weight is 367 g/mol. The zero-order chi connectivity index (χ0) is 18.2. The fourth-order valence-corrected chi connectivity index (χ4v) is 2.20. The summed E-state index contributed by atoms with van der Waals surface area (Å²) in [5.41, 5.74) is 2.93. The lowest BCUT2D eigenvalue weighted by atomic mass is 10.2. The second-order valence-corrected chi connectivity index (χ2v) is 5.18. The third-order valence-electron chi connectivity index (χ3n) is 3.04. The molecule has 2 aromatic rings. The van der Waals surface area contributed by atoms with Crippen molar-refractivity contribution in [2.45, 2.75) is 0 Å². The van der Waals surface area contributed by atoms with Gasteiger partial charge in [-0.3, -0.25) is 4.79 Å². The van der Waals surface area contributed by atoms with Crippen LogP contribution in [-0.4, -0.2) is 32.9 Å². The molecule has 132 valence electrons. The molecule has 0 unspecified atom stereocenters. The Labute approximate surface area is 149 Å². The van der Waals surface area contributed by atoms with Crippen LogP contribution in [0.5, 0.6) is 17.2 Å². The summed E-state index contributed by atoms with van der Waals surface area (Å²) in [6, 6.07) is 8.62. The molecule has 2 aromatic carbocycles. The Hall–Kier alpha value is -2.80. The highest BCUT2D eigenvalue weighted by Gasteiger charge is 2.10. The number of methoxy groups -OCH3 is 2. The normalized spacial score (nSPS) is 10.6. The van der Waals surface area contributed by atoms with Crippen LogP contribution in [0.25, 0.3) is 0 Å². The van der Waals surface area contributed by atoms with Gasteiger partial charge in [-0.1, -0.05) is 11.6 Å². The van der Waals surface area contributed by atoms with Crippen LogP contribution < -0.4 is 19.6 Å². The van der Waals surface area contributed by atoms with Gasteiger partial charge in [-0.05, 0) is 42.0 Å². The van der Waals surface area contributed by atoms with E-state index in [0.29, 0.717) is 27.8 Å². The van der Waals surface area contributed by atoms with E-state index >= 15 is 0 Å². The number of halogens is 2. The molecule has 1 N–H and O–H groups in total. The molecule has 0 fully saturated rings. The van der Waals surface area contributed by atoms with E-state index in [1.807, 2.05) is 0 Å². The van der Waals surface area contributed by atoms with Gasteiger partial charge in [0.05, 0.1) is 25.5 Å². The third kappa shape index (κ3) is 5.36. The largest absolute Gasteiger partial charge is 0.493 e. The number of carbonyl (C=O) groups excluding carboxylic acids is 1. The molecule has 0 radical (unpaired) electrons. The van der Waals surface area contributed by atoms with Crippen LogP contribution in [0.15, 0.2) is 41.5 Å². The molecule has 1 amide bonds. The molecule has 0 aliphatic carbocycles. The molecule has 6 nitrogen and oxygen atoms in total. The van der Waals surface area contributed by atoms with Crippen molar-refractivity contribution < 1.29 is 23.4 Å². The number of hydrogen-bond acceptors (Lipinski definition) is 5. The summed E-state index contributed by atoms with van der Waals surface area (Å²) in [5.74, 6) is 0.398. The molecule has 0 atom stereocenters. The predicted octanol–water partition coefficient (Wildman–Crippen LogP) is 3.03. The fourth-order valence-electron chi connectivity index (χ4n) is 1.90. The SMILES string of the molecule is COc1cc(/C=N/NC(=O)COc2ccc(F)cc2)cc(Cl)c1OC. The maximum Gasteiger partial charge on any atom is 0.277 e. The lowest BCUT2D eigenvalue weighted by Crippen LogP contribution is -2.24. The van der Waals surface area contributed by atoms with Crippen molar-refractivity contribution in [1.82, 2.24) is 5.43 Å². The van der Waals surface area contributed by atoms with E-state index in [-0.39, 0.29) is 12.4 Å². The van der Waals surface area contributed by atoms with Gasteiger partial charge >= 0.3 is 0 Å². The van der Waals surface area contributed by atoms with Crippen molar-refractivity contribution in [1.29, 1.82) is 0 Å². The molecule has 0 saturated heterocycles. The Bertz CT molecular complexity index is 766. The summed E-state index contributed by atoms with van der Waals surface area (Å²) < 4.78 is 28.3. The Balaban J connectivity index is 1.90. The third-order valence-corrected chi connectivity index (χ3v) is 3.32. The number of amides is 1. The molecule has 0 aliphatic rings. The minimum Gasteiger partial charge on any atom is -0.493 e. The molecule has 0 spiro atoms. The van der Waals surface area contributed by atoms with Crippen molar-refractivity contribution in [3.8, 4) is 17.2 Å². The summed E-state index contributed by atoms with van der Waals surface area (Å²) in [5, 5.41) is 4.18. The molecule has 2 rings (SSSR count). The Morgan fingerprint density at radius 2 is 1.96 bits per heavy atom. The Kier molecular flexibility index (Phi) is 6.59. The van der Waals surface area contributed by atoms with Gasteiger partial charge in [-0.2, -0.15) is 5.10 Å². The van der Waals surface area contributed by atoms with Crippen LogP contribution in [0, 0.1) is 5.82 Å². The number of benzene rings is 2. The van der Waals surface area contributed by atoms with Crippen LogP contribution in [-0.2, 0) is 4.79 Å². The summed E-state index contributed by atoms with van der Waals surface area (Å²) in [4.78, 5) is 11.7.